The van der Waals surface area contributed by atoms with Gasteiger partial charge in [-0.2, -0.15) is 0 Å². The normalized spacial score (nSPS) is 12.7. The van der Waals surface area contributed by atoms with Gasteiger partial charge in [0, 0.05) is 22.1 Å². The summed E-state index contributed by atoms with van der Waals surface area (Å²) in [5, 5.41) is 3.56. The number of thiophene rings is 1. The summed E-state index contributed by atoms with van der Waals surface area (Å²) < 4.78 is 0. The predicted octanol–water partition coefficient (Wildman–Crippen LogP) is 3.70. The molecule has 0 aliphatic rings. The van der Waals surface area contributed by atoms with E-state index in [9.17, 15) is 0 Å². The first-order valence-electron chi connectivity index (χ1n) is 6.78. The molecule has 20 heavy (non-hydrogen) atoms. The summed E-state index contributed by atoms with van der Waals surface area (Å²) >= 11 is 1.84. The molecule has 0 spiro atoms. The summed E-state index contributed by atoms with van der Waals surface area (Å²) in [6.45, 7) is 5.21. The maximum absolute atomic E-state index is 4.40. The van der Waals surface area contributed by atoms with Crippen molar-refractivity contribution in [2.75, 3.05) is 6.54 Å². The van der Waals surface area contributed by atoms with Crippen molar-refractivity contribution in [3.8, 4) is 0 Å². The average Bonchev–Trinajstić information content (AvgIpc) is 2.90. The first-order valence-corrected chi connectivity index (χ1v) is 7.60. The lowest BCUT2D eigenvalue weighted by Crippen LogP contribution is -2.21. The second-order valence-electron chi connectivity index (χ2n) is 4.74. The number of nitrogens with zero attached hydrogens (tertiary/aromatic N) is 2. The van der Waals surface area contributed by atoms with E-state index >= 15 is 0 Å². The Hall–Kier alpha value is -1.78. The lowest BCUT2D eigenvalue weighted by molar-refractivity contribution is 0.640. The predicted molar refractivity (Wildman–Crippen MR) is 84.1 cm³/mol. The number of aryl methyl sites for hydroxylation is 1. The van der Waals surface area contributed by atoms with Crippen LogP contribution in [0.25, 0.3) is 11.0 Å². The first kappa shape index (κ1) is 13.2. The number of hydrogen-bond acceptors (Lipinski definition) is 4. The van der Waals surface area contributed by atoms with E-state index in [-0.39, 0.29) is 6.04 Å². The van der Waals surface area contributed by atoms with Crippen molar-refractivity contribution in [2.24, 2.45) is 0 Å². The molecule has 0 radical (unpaired) electrons. The van der Waals surface area contributed by atoms with Crippen molar-refractivity contribution < 1.29 is 0 Å². The molecule has 0 saturated heterocycles. The second-order valence-corrected chi connectivity index (χ2v) is 6.06. The molecule has 1 atom stereocenters. The van der Waals surface area contributed by atoms with E-state index in [0.717, 1.165) is 17.6 Å². The highest BCUT2D eigenvalue weighted by Crippen LogP contribution is 2.29. The van der Waals surface area contributed by atoms with E-state index in [2.05, 4.69) is 53.4 Å². The van der Waals surface area contributed by atoms with Gasteiger partial charge in [-0.25, -0.2) is 0 Å². The molecule has 0 amide bonds. The highest BCUT2D eigenvalue weighted by atomic mass is 32.1. The van der Waals surface area contributed by atoms with Gasteiger partial charge in [0.15, 0.2) is 0 Å². The number of nitrogens with one attached hydrogen (secondary N) is 1. The number of fused-ring (bicyclic) bond motifs is 1. The van der Waals surface area contributed by atoms with Crippen LogP contribution in [-0.2, 0) is 0 Å². The van der Waals surface area contributed by atoms with Crippen LogP contribution < -0.4 is 5.32 Å². The largest absolute Gasteiger partial charge is 0.306 e. The molecule has 0 fully saturated rings. The van der Waals surface area contributed by atoms with Crippen molar-refractivity contribution >= 4 is 22.4 Å². The number of benzene rings is 1. The molecule has 0 bridgehead atoms. The Bertz CT molecular complexity index is 720. The Morgan fingerprint density at radius 3 is 2.60 bits per heavy atom. The minimum absolute atomic E-state index is 0.227. The molecule has 1 N–H and O–H groups in total. The van der Waals surface area contributed by atoms with E-state index in [1.54, 1.807) is 12.4 Å². The minimum atomic E-state index is 0.227. The van der Waals surface area contributed by atoms with Crippen molar-refractivity contribution in [1.29, 1.82) is 0 Å². The van der Waals surface area contributed by atoms with Gasteiger partial charge in [0.2, 0.25) is 0 Å². The van der Waals surface area contributed by atoms with E-state index < -0.39 is 0 Å². The van der Waals surface area contributed by atoms with Crippen LogP contribution in [0.4, 0.5) is 0 Å². The molecule has 1 aromatic carbocycles. The molecule has 0 saturated carbocycles. The Balaban J connectivity index is 2.04. The maximum atomic E-state index is 4.40. The van der Waals surface area contributed by atoms with Crippen molar-refractivity contribution in [3.63, 3.8) is 0 Å². The molecule has 3 nitrogen and oxygen atoms in total. The van der Waals surface area contributed by atoms with Gasteiger partial charge < -0.3 is 5.32 Å². The Morgan fingerprint density at radius 2 is 1.90 bits per heavy atom. The molecule has 102 valence electrons. The zero-order chi connectivity index (χ0) is 13.9. The fraction of sp³-hybridized carbons (Fsp3) is 0.250. The van der Waals surface area contributed by atoms with Gasteiger partial charge in [0.25, 0.3) is 0 Å². The highest BCUT2D eigenvalue weighted by molar-refractivity contribution is 7.12. The third kappa shape index (κ3) is 2.57. The zero-order valence-electron chi connectivity index (χ0n) is 11.6. The van der Waals surface area contributed by atoms with Gasteiger partial charge >= 0.3 is 0 Å². The summed E-state index contributed by atoms with van der Waals surface area (Å²) in [4.78, 5) is 11.4. The first-order chi connectivity index (χ1) is 9.78. The summed E-state index contributed by atoms with van der Waals surface area (Å²) in [7, 11) is 0. The summed E-state index contributed by atoms with van der Waals surface area (Å²) in [6.07, 6.45) is 3.47. The lowest BCUT2D eigenvalue weighted by atomic mass is 10.0. The number of hydrogen-bond donors (Lipinski definition) is 1. The van der Waals surface area contributed by atoms with Crippen LogP contribution in [0.2, 0.25) is 0 Å². The highest BCUT2D eigenvalue weighted by Gasteiger charge is 2.15. The standard InChI is InChI=1S/C16H17N3S/c1-3-17-16(15-7-4-11(2)20-15)12-5-6-13-14(10-12)19-9-8-18-13/h4-10,16-17H,3H2,1-2H3. The van der Waals surface area contributed by atoms with E-state index in [4.69, 9.17) is 0 Å². The molecule has 2 aromatic heterocycles. The van der Waals surface area contributed by atoms with E-state index in [0.29, 0.717) is 0 Å². The van der Waals surface area contributed by atoms with E-state index in [1.165, 1.54) is 15.3 Å². The molecule has 0 aliphatic heterocycles. The van der Waals surface area contributed by atoms with Gasteiger partial charge in [-0.05, 0) is 43.3 Å². The third-order valence-corrected chi connectivity index (χ3v) is 4.35. The fourth-order valence-electron chi connectivity index (χ4n) is 2.36. The average molecular weight is 283 g/mol. The van der Waals surface area contributed by atoms with Crippen molar-refractivity contribution in [2.45, 2.75) is 19.9 Å². The van der Waals surface area contributed by atoms with Gasteiger partial charge in [0.05, 0.1) is 17.1 Å². The zero-order valence-corrected chi connectivity index (χ0v) is 12.4. The molecule has 0 aliphatic carbocycles. The van der Waals surface area contributed by atoms with Crippen LogP contribution in [0.1, 0.15) is 28.3 Å². The molecule has 2 heterocycles. The van der Waals surface area contributed by atoms with Gasteiger partial charge in [-0.15, -0.1) is 11.3 Å². The van der Waals surface area contributed by atoms with Crippen molar-refractivity contribution in [1.82, 2.24) is 15.3 Å². The van der Waals surface area contributed by atoms with Crippen molar-refractivity contribution in [3.05, 3.63) is 58.0 Å². The van der Waals surface area contributed by atoms with Gasteiger partial charge in [-0.3, -0.25) is 9.97 Å². The van der Waals surface area contributed by atoms with E-state index in [1.807, 2.05) is 17.4 Å². The summed E-state index contributed by atoms with van der Waals surface area (Å²) in [5.41, 5.74) is 3.12. The van der Waals surface area contributed by atoms with Crippen LogP contribution in [0, 0.1) is 6.92 Å². The molecule has 4 heteroatoms. The van der Waals surface area contributed by atoms with Crippen LogP contribution in [-0.4, -0.2) is 16.5 Å². The molecular weight excluding hydrogens is 266 g/mol. The Labute approximate surface area is 122 Å². The number of aromatic nitrogens is 2. The van der Waals surface area contributed by atoms with Crippen LogP contribution in [0.3, 0.4) is 0 Å². The van der Waals surface area contributed by atoms with Crippen LogP contribution in [0.5, 0.6) is 0 Å². The van der Waals surface area contributed by atoms with Crippen LogP contribution >= 0.6 is 11.3 Å². The smallest absolute Gasteiger partial charge is 0.0890 e. The quantitative estimate of drug-likeness (QED) is 0.793. The topological polar surface area (TPSA) is 37.8 Å². The second kappa shape index (κ2) is 5.69. The molecule has 1 unspecified atom stereocenters. The molecule has 3 aromatic rings. The van der Waals surface area contributed by atoms with Crippen LogP contribution in [0.15, 0.2) is 42.7 Å². The summed E-state index contributed by atoms with van der Waals surface area (Å²) in [5.74, 6) is 0. The van der Waals surface area contributed by atoms with Gasteiger partial charge in [-0.1, -0.05) is 13.0 Å². The van der Waals surface area contributed by atoms with Gasteiger partial charge in [0.1, 0.15) is 0 Å². The number of rotatable bonds is 4. The fourth-order valence-corrected chi connectivity index (χ4v) is 3.34. The maximum Gasteiger partial charge on any atom is 0.0890 e. The third-order valence-electron chi connectivity index (χ3n) is 3.28. The summed E-state index contributed by atoms with van der Waals surface area (Å²) in [6, 6.07) is 10.9. The molecule has 3 rings (SSSR count). The molecular formula is C16H17N3S. The minimum Gasteiger partial charge on any atom is -0.306 e. The Kier molecular flexibility index (Phi) is 3.76. The SMILES string of the molecule is CCNC(c1ccc2nccnc2c1)c1ccc(C)s1. The lowest BCUT2D eigenvalue weighted by Gasteiger charge is -2.17. The Morgan fingerprint density at radius 1 is 1.10 bits per heavy atom. The monoisotopic (exact) mass is 283 g/mol.